The Balaban J connectivity index is 1.94. The van der Waals surface area contributed by atoms with Crippen molar-refractivity contribution in [3.05, 3.63) is 39.9 Å². The van der Waals surface area contributed by atoms with Gasteiger partial charge in [-0.1, -0.05) is 23.4 Å². The number of hydrogen-bond donors (Lipinski definition) is 1. The molecule has 0 aliphatic heterocycles. The lowest BCUT2D eigenvalue weighted by Crippen LogP contribution is -2.13. The smallest absolute Gasteiger partial charge is 0.348 e. The van der Waals surface area contributed by atoms with Crippen LogP contribution in [0.5, 0.6) is 0 Å². The number of amides is 1. The van der Waals surface area contributed by atoms with Crippen molar-refractivity contribution in [2.45, 2.75) is 18.9 Å². The molecule has 0 aliphatic carbocycles. The molecule has 2 aromatic heterocycles. The molecule has 0 aromatic carbocycles. The summed E-state index contributed by atoms with van der Waals surface area (Å²) in [5.74, 6) is -0.374. The second kappa shape index (κ2) is 8.33. The van der Waals surface area contributed by atoms with Crippen LogP contribution in [-0.2, 0) is 9.53 Å². The van der Waals surface area contributed by atoms with Crippen LogP contribution < -0.4 is 5.32 Å². The summed E-state index contributed by atoms with van der Waals surface area (Å²) in [7, 11) is 0. The molecule has 5 nitrogen and oxygen atoms in total. The fourth-order valence-corrected chi connectivity index (χ4v) is 3.68. The molecule has 2 rings (SSSR count). The highest BCUT2D eigenvalue weighted by atomic mass is 35.5. The van der Waals surface area contributed by atoms with E-state index in [1.165, 1.54) is 23.1 Å². The fourth-order valence-electron chi connectivity index (χ4n) is 1.73. The summed E-state index contributed by atoms with van der Waals surface area (Å²) < 4.78 is 4.98. The zero-order valence-corrected chi connectivity index (χ0v) is 15.0. The molecule has 122 valence electrons. The molecule has 8 heteroatoms. The second-order valence-electron chi connectivity index (χ2n) is 4.47. The number of thiophene rings is 1. The number of hydrogen-bond acceptors (Lipinski definition) is 6. The van der Waals surface area contributed by atoms with Crippen LogP contribution in [0.3, 0.4) is 0 Å². The van der Waals surface area contributed by atoms with Crippen molar-refractivity contribution in [3.63, 3.8) is 0 Å². The predicted molar refractivity (Wildman–Crippen MR) is 93.6 cm³/mol. The minimum Gasteiger partial charge on any atom is -0.462 e. The SMILES string of the molecule is CCOC(=O)c1sc(NC(=O)CSc2ncccc2Cl)cc1C. The van der Waals surface area contributed by atoms with Crippen molar-refractivity contribution in [1.82, 2.24) is 4.98 Å². The molecule has 0 radical (unpaired) electrons. The number of rotatable bonds is 6. The highest BCUT2D eigenvalue weighted by Gasteiger charge is 2.16. The first-order valence-electron chi connectivity index (χ1n) is 6.82. The average molecular weight is 371 g/mol. The van der Waals surface area contributed by atoms with Gasteiger partial charge in [0.1, 0.15) is 9.90 Å². The van der Waals surface area contributed by atoms with E-state index in [9.17, 15) is 9.59 Å². The maximum atomic E-state index is 12.0. The number of pyridine rings is 1. The Morgan fingerprint density at radius 2 is 2.26 bits per heavy atom. The number of nitrogens with zero attached hydrogens (tertiary/aromatic N) is 1. The molecule has 0 aliphatic rings. The van der Waals surface area contributed by atoms with Crippen LogP contribution in [0.15, 0.2) is 29.4 Å². The third-order valence-electron chi connectivity index (χ3n) is 2.71. The quantitative estimate of drug-likeness (QED) is 0.614. The van der Waals surface area contributed by atoms with E-state index < -0.39 is 0 Å². The zero-order chi connectivity index (χ0) is 16.8. The van der Waals surface area contributed by atoms with E-state index in [1.807, 2.05) is 0 Å². The molecular formula is C15H15ClN2O3S2. The van der Waals surface area contributed by atoms with Crippen LogP contribution >= 0.6 is 34.7 Å². The summed E-state index contributed by atoms with van der Waals surface area (Å²) >= 11 is 8.45. The van der Waals surface area contributed by atoms with Crippen molar-refractivity contribution in [2.24, 2.45) is 0 Å². The number of anilines is 1. The maximum Gasteiger partial charge on any atom is 0.348 e. The summed E-state index contributed by atoms with van der Waals surface area (Å²) in [6, 6.07) is 5.22. The number of aromatic nitrogens is 1. The van der Waals surface area contributed by atoms with E-state index in [4.69, 9.17) is 16.3 Å². The molecule has 2 heterocycles. The normalized spacial score (nSPS) is 10.4. The Labute approximate surface area is 147 Å². The third-order valence-corrected chi connectivity index (χ3v) is 5.26. The Hall–Kier alpha value is -1.57. The van der Waals surface area contributed by atoms with E-state index in [1.54, 1.807) is 38.2 Å². The number of halogens is 1. The summed E-state index contributed by atoms with van der Waals surface area (Å²) in [5.41, 5.74) is 0.782. The van der Waals surface area contributed by atoms with Crippen LogP contribution in [0, 0.1) is 6.92 Å². The topological polar surface area (TPSA) is 68.3 Å². The molecule has 23 heavy (non-hydrogen) atoms. The van der Waals surface area contributed by atoms with Gasteiger partial charge in [-0.05, 0) is 37.6 Å². The second-order valence-corrected chi connectivity index (χ2v) is 6.89. The number of thioether (sulfide) groups is 1. The standard InChI is InChI=1S/C15H15ClN2O3S2/c1-3-21-15(20)13-9(2)7-12(23-13)18-11(19)8-22-14-10(16)5-4-6-17-14/h4-7H,3,8H2,1-2H3,(H,18,19). The van der Waals surface area contributed by atoms with Crippen molar-refractivity contribution in [2.75, 3.05) is 17.7 Å². The predicted octanol–water partition coefficient (Wildman–Crippen LogP) is 4.01. The zero-order valence-electron chi connectivity index (χ0n) is 12.6. The molecule has 2 aromatic rings. The Kier molecular flexibility index (Phi) is 6.44. The van der Waals surface area contributed by atoms with Gasteiger partial charge in [-0.2, -0.15) is 0 Å². The number of esters is 1. The van der Waals surface area contributed by atoms with Crippen LogP contribution in [0.1, 0.15) is 22.2 Å². The van der Waals surface area contributed by atoms with Gasteiger partial charge in [0.15, 0.2) is 0 Å². The Bertz CT molecular complexity index is 718. The molecule has 0 saturated heterocycles. The molecule has 0 saturated carbocycles. The lowest BCUT2D eigenvalue weighted by molar-refractivity contribution is -0.113. The highest BCUT2D eigenvalue weighted by molar-refractivity contribution is 8.00. The van der Waals surface area contributed by atoms with E-state index in [2.05, 4.69) is 10.3 Å². The molecule has 0 atom stereocenters. The van der Waals surface area contributed by atoms with Gasteiger partial charge in [0.2, 0.25) is 5.91 Å². The first kappa shape index (κ1) is 17.8. The summed E-state index contributed by atoms with van der Waals surface area (Å²) in [4.78, 5) is 28.4. The molecule has 1 N–H and O–H groups in total. The summed E-state index contributed by atoms with van der Waals surface area (Å²) in [6.07, 6.45) is 1.63. The van der Waals surface area contributed by atoms with Gasteiger partial charge in [0.05, 0.1) is 22.4 Å². The van der Waals surface area contributed by atoms with E-state index in [0.717, 1.165) is 5.56 Å². The van der Waals surface area contributed by atoms with Crippen LogP contribution in [-0.4, -0.2) is 29.2 Å². The first-order chi connectivity index (χ1) is 11.0. The number of carbonyl (C=O) groups excluding carboxylic acids is 2. The minimum atomic E-state index is -0.370. The lowest BCUT2D eigenvalue weighted by atomic mass is 10.3. The lowest BCUT2D eigenvalue weighted by Gasteiger charge is -2.03. The number of aryl methyl sites for hydroxylation is 1. The van der Waals surface area contributed by atoms with E-state index >= 15 is 0 Å². The number of nitrogens with one attached hydrogen (secondary N) is 1. The van der Waals surface area contributed by atoms with Crippen molar-refractivity contribution in [3.8, 4) is 0 Å². The average Bonchev–Trinajstić information content (AvgIpc) is 2.87. The van der Waals surface area contributed by atoms with Crippen molar-refractivity contribution < 1.29 is 14.3 Å². The van der Waals surface area contributed by atoms with E-state index in [0.29, 0.717) is 26.5 Å². The largest absolute Gasteiger partial charge is 0.462 e. The van der Waals surface area contributed by atoms with Gasteiger partial charge in [0.25, 0.3) is 0 Å². The summed E-state index contributed by atoms with van der Waals surface area (Å²) in [5, 5.41) is 4.51. The van der Waals surface area contributed by atoms with Crippen molar-refractivity contribution in [1.29, 1.82) is 0 Å². The van der Waals surface area contributed by atoms with Gasteiger partial charge in [0, 0.05) is 6.20 Å². The first-order valence-corrected chi connectivity index (χ1v) is 9.00. The van der Waals surface area contributed by atoms with Gasteiger partial charge in [-0.25, -0.2) is 9.78 Å². The highest BCUT2D eigenvalue weighted by Crippen LogP contribution is 2.28. The van der Waals surface area contributed by atoms with Gasteiger partial charge in [-0.3, -0.25) is 4.79 Å². The van der Waals surface area contributed by atoms with Crippen LogP contribution in [0.25, 0.3) is 0 Å². The van der Waals surface area contributed by atoms with Crippen LogP contribution in [0.2, 0.25) is 5.02 Å². The van der Waals surface area contributed by atoms with Crippen molar-refractivity contribution >= 4 is 51.6 Å². The summed E-state index contributed by atoms with van der Waals surface area (Å²) in [6.45, 7) is 3.88. The van der Waals surface area contributed by atoms with Gasteiger partial charge >= 0.3 is 5.97 Å². The molecule has 1 amide bonds. The van der Waals surface area contributed by atoms with Crippen LogP contribution in [0.4, 0.5) is 5.00 Å². The Morgan fingerprint density at radius 3 is 2.96 bits per heavy atom. The minimum absolute atomic E-state index is 0.183. The molecule has 0 fully saturated rings. The fraction of sp³-hybridized carbons (Fsp3) is 0.267. The third kappa shape index (κ3) is 4.95. The number of ether oxygens (including phenoxy) is 1. The van der Waals surface area contributed by atoms with E-state index in [-0.39, 0.29) is 17.6 Å². The number of carbonyl (C=O) groups is 2. The molecule has 0 unspecified atom stereocenters. The van der Waals surface area contributed by atoms with Gasteiger partial charge < -0.3 is 10.1 Å². The van der Waals surface area contributed by atoms with Gasteiger partial charge in [-0.15, -0.1) is 11.3 Å². The molecule has 0 bridgehead atoms. The maximum absolute atomic E-state index is 12.0. The molecule has 0 spiro atoms. The Morgan fingerprint density at radius 1 is 1.48 bits per heavy atom. The molecular weight excluding hydrogens is 356 g/mol. The monoisotopic (exact) mass is 370 g/mol.